The van der Waals surface area contributed by atoms with Crippen LogP contribution in [0.1, 0.15) is 23.7 Å². The molecular weight excluding hydrogens is 278 g/mol. The van der Waals surface area contributed by atoms with Crippen LogP contribution in [0.25, 0.3) is 10.6 Å². The number of hydrogen-bond donors (Lipinski definition) is 1. The maximum absolute atomic E-state index is 11.8. The molecule has 2 rings (SSSR count). The molecule has 0 radical (unpaired) electrons. The van der Waals surface area contributed by atoms with Gasteiger partial charge in [0, 0.05) is 31.4 Å². The number of nitrogens with zero attached hydrogens (tertiary/aromatic N) is 2. The molecule has 0 atom stereocenters. The van der Waals surface area contributed by atoms with Gasteiger partial charge in [-0.05, 0) is 12.5 Å². The molecule has 0 spiro atoms. The van der Waals surface area contributed by atoms with E-state index in [0.29, 0.717) is 0 Å². The lowest BCUT2D eigenvalue weighted by Crippen LogP contribution is -2.20. The molecule has 0 unspecified atom stereocenters. The minimum Gasteiger partial charge on any atom is -0.362 e. The summed E-state index contributed by atoms with van der Waals surface area (Å²) < 4.78 is 0. The zero-order chi connectivity index (χ0) is 13.8. The zero-order valence-corrected chi connectivity index (χ0v) is 12.9. The van der Waals surface area contributed by atoms with Gasteiger partial charge < -0.3 is 10.2 Å². The van der Waals surface area contributed by atoms with E-state index in [4.69, 9.17) is 0 Å². The summed E-state index contributed by atoms with van der Waals surface area (Å²) in [6.07, 6.45) is 1.08. The molecule has 1 amide bonds. The Morgan fingerprint density at radius 2 is 2.16 bits per heavy atom. The van der Waals surface area contributed by atoms with Crippen LogP contribution >= 0.6 is 22.7 Å². The highest BCUT2D eigenvalue weighted by molar-refractivity contribution is 7.16. The third-order valence-electron chi connectivity index (χ3n) is 2.54. The lowest BCUT2D eigenvalue weighted by Gasteiger charge is -2.07. The third kappa shape index (κ3) is 3.33. The van der Waals surface area contributed by atoms with Crippen molar-refractivity contribution in [2.75, 3.05) is 26.0 Å². The summed E-state index contributed by atoms with van der Waals surface area (Å²) in [5.41, 5.74) is 1.66. The van der Waals surface area contributed by atoms with Gasteiger partial charge in [0.2, 0.25) is 0 Å². The molecule has 19 heavy (non-hydrogen) atoms. The number of anilines is 1. The minimum absolute atomic E-state index is 0.0297. The Balaban J connectivity index is 2.14. The molecule has 2 aromatic heterocycles. The van der Waals surface area contributed by atoms with Crippen LogP contribution in [0.2, 0.25) is 0 Å². The van der Waals surface area contributed by atoms with Gasteiger partial charge in [-0.3, -0.25) is 4.79 Å². The first-order valence-electron chi connectivity index (χ1n) is 6.11. The van der Waals surface area contributed by atoms with E-state index in [1.54, 1.807) is 41.7 Å². The van der Waals surface area contributed by atoms with Gasteiger partial charge >= 0.3 is 0 Å². The fraction of sp³-hybridized carbons (Fsp3) is 0.385. The van der Waals surface area contributed by atoms with Crippen molar-refractivity contribution < 1.29 is 4.79 Å². The molecule has 6 heteroatoms. The second-order valence-electron chi connectivity index (χ2n) is 4.36. The van der Waals surface area contributed by atoms with Crippen LogP contribution in [0.4, 0.5) is 5.13 Å². The van der Waals surface area contributed by atoms with Crippen LogP contribution in [0.5, 0.6) is 0 Å². The lowest BCUT2D eigenvalue weighted by molar-refractivity contribution is 0.0828. The van der Waals surface area contributed by atoms with Crippen molar-refractivity contribution in [2.24, 2.45) is 0 Å². The SMILES string of the molecule is CCCNc1nc(-c2cc(C(=O)N(C)C)cs2)cs1. The van der Waals surface area contributed by atoms with Gasteiger partial charge in [0.05, 0.1) is 16.1 Å². The highest BCUT2D eigenvalue weighted by atomic mass is 32.1. The molecule has 0 saturated carbocycles. The Morgan fingerprint density at radius 1 is 1.37 bits per heavy atom. The van der Waals surface area contributed by atoms with Gasteiger partial charge in [-0.1, -0.05) is 6.92 Å². The van der Waals surface area contributed by atoms with E-state index in [1.807, 2.05) is 16.8 Å². The van der Waals surface area contributed by atoms with Crippen molar-refractivity contribution in [3.63, 3.8) is 0 Å². The van der Waals surface area contributed by atoms with Gasteiger partial charge in [-0.15, -0.1) is 22.7 Å². The van der Waals surface area contributed by atoms with E-state index >= 15 is 0 Å². The molecule has 0 aliphatic carbocycles. The monoisotopic (exact) mass is 295 g/mol. The maximum Gasteiger partial charge on any atom is 0.254 e. The fourth-order valence-electron chi connectivity index (χ4n) is 1.54. The summed E-state index contributed by atoms with van der Waals surface area (Å²) >= 11 is 3.15. The number of nitrogens with one attached hydrogen (secondary N) is 1. The van der Waals surface area contributed by atoms with Crippen molar-refractivity contribution in [3.8, 4) is 10.6 Å². The van der Waals surface area contributed by atoms with Gasteiger partial charge in [0.15, 0.2) is 5.13 Å². The van der Waals surface area contributed by atoms with E-state index in [9.17, 15) is 4.79 Å². The minimum atomic E-state index is 0.0297. The average molecular weight is 295 g/mol. The van der Waals surface area contributed by atoms with E-state index in [-0.39, 0.29) is 5.91 Å². The number of thiophene rings is 1. The zero-order valence-electron chi connectivity index (χ0n) is 11.3. The van der Waals surface area contributed by atoms with Gasteiger partial charge in [0.1, 0.15) is 0 Å². The van der Waals surface area contributed by atoms with E-state index in [1.165, 1.54) is 0 Å². The predicted octanol–water partition coefficient (Wildman–Crippen LogP) is 3.40. The molecule has 0 aromatic carbocycles. The third-order valence-corrected chi connectivity index (χ3v) is 4.29. The van der Waals surface area contributed by atoms with Crippen molar-refractivity contribution in [2.45, 2.75) is 13.3 Å². The van der Waals surface area contributed by atoms with Gasteiger partial charge in [-0.25, -0.2) is 4.98 Å². The molecule has 0 fully saturated rings. The Hall–Kier alpha value is -1.40. The number of thiazole rings is 1. The first-order chi connectivity index (χ1) is 9.11. The quantitative estimate of drug-likeness (QED) is 0.919. The fourth-order valence-corrected chi connectivity index (χ4v) is 3.20. The van der Waals surface area contributed by atoms with Crippen LogP contribution in [0.15, 0.2) is 16.8 Å². The number of hydrogen-bond acceptors (Lipinski definition) is 5. The smallest absolute Gasteiger partial charge is 0.254 e. The molecule has 1 N–H and O–H groups in total. The molecule has 2 aromatic rings. The first kappa shape index (κ1) is 14.0. The van der Waals surface area contributed by atoms with Gasteiger partial charge in [0.25, 0.3) is 5.91 Å². The summed E-state index contributed by atoms with van der Waals surface area (Å²) in [5.74, 6) is 0.0297. The molecule has 0 saturated heterocycles. The molecule has 2 heterocycles. The average Bonchev–Trinajstić information content (AvgIpc) is 3.03. The Morgan fingerprint density at radius 3 is 2.84 bits per heavy atom. The molecule has 0 aliphatic rings. The van der Waals surface area contributed by atoms with Gasteiger partial charge in [-0.2, -0.15) is 0 Å². The molecule has 0 bridgehead atoms. The summed E-state index contributed by atoms with van der Waals surface area (Å²) in [7, 11) is 3.52. The largest absolute Gasteiger partial charge is 0.362 e. The summed E-state index contributed by atoms with van der Waals surface area (Å²) in [6, 6.07) is 1.91. The molecule has 102 valence electrons. The molecule has 0 aliphatic heterocycles. The highest BCUT2D eigenvalue weighted by Gasteiger charge is 2.13. The van der Waals surface area contributed by atoms with Crippen LogP contribution in [-0.4, -0.2) is 36.4 Å². The Labute approximate surface area is 121 Å². The first-order valence-corrected chi connectivity index (χ1v) is 7.87. The molecule has 4 nitrogen and oxygen atoms in total. The van der Waals surface area contributed by atoms with Crippen LogP contribution < -0.4 is 5.32 Å². The van der Waals surface area contributed by atoms with Crippen LogP contribution in [0, 0.1) is 0 Å². The maximum atomic E-state index is 11.8. The van der Waals surface area contributed by atoms with Crippen LogP contribution in [0.3, 0.4) is 0 Å². The number of aromatic nitrogens is 1. The number of rotatable bonds is 5. The van der Waals surface area contributed by atoms with Crippen molar-refractivity contribution in [1.82, 2.24) is 9.88 Å². The van der Waals surface area contributed by atoms with E-state index in [2.05, 4.69) is 17.2 Å². The second kappa shape index (κ2) is 6.16. The van der Waals surface area contributed by atoms with Crippen LogP contribution in [-0.2, 0) is 0 Å². The number of carbonyl (C=O) groups excluding carboxylic acids is 1. The lowest BCUT2D eigenvalue weighted by atomic mass is 10.2. The normalized spacial score (nSPS) is 10.5. The summed E-state index contributed by atoms with van der Waals surface area (Å²) in [5, 5.41) is 8.11. The summed E-state index contributed by atoms with van der Waals surface area (Å²) in [4.78, 5) is 19.0. The Bertz CT molecular complexity index is 560. The highest BCUT2D eigenvalue weighted by Crippen LogP contribution is 2.30. The van der Waals surface area contributed by atoms with Crippen molar-refractivity contribution >= 4 is 33.7 Å². The van der Waals surface area contributed by atoms with E-state index in [0.717, 1.165) is 34.2 Å². The summed E-state index contributed by atoms with van der Waals surface area (Å²) in [6.45, 7) is 3.06. The van der Waals surface area contributed by atoms with Crippen molar-refractivity contribution in [3.05, 3.63) is 22.4 Å². The predicted molar refractivity (Wildman–Crippen MR) is 82.2 cm³/mol. The number of amides is 1. The molecular formula is C13H17N3OS2. The number of carbonyl (C=O) groups is 1. The van der Waals surface area contributed by atoms with Crippen molar-refractivity contribution in [1.29, 1.82) is 0 Å². The van der Waals surface area contributed by atoms with E-state index < -0.39 is 0 Å². The standard InChI is InChI=1S/C13H17N3OS2/c1-4-5-14-13-15-10(8-19-13)11-6-9(7-18-11)12(17)16(2)3/h6-8H,4-5H2,1-3H3,(H,14,15). The topological polar surface area (TPSA) is 45.2 Å². The second-order valence-corrected chi connectivity index (χ2v) is 6.13. The Kier molecular flexibility index (Phi) is 4.55.